The minimum atomic E-state index is -0.303. The number of likely N-dealkylation sites (tertiary alicyclic amines) is 1. The molecule has 1 aliphatic heterocycles. The minimum absolute atomic E-state index is 0.0819. The van der Waals surface area contributed by atoms with Gasteiger partial charge in [0.1, 0.15) is 0 Å². The van der Waals surface area contributed by atoms with Crippen LogP contribution in [0, 0.1) is 0 Å². The molecule has 1 aliphatic rings. The van der Waals surface area contributed by atoms with E-state index >= 15 is 0 Å². The molecular weight excluding hydrogens is 244 g/mol. The van der Waals surface area contributed by atoms with Crippen molar-refractivity contribution in [1.82, 2.24) is 10.2 Å². The third-order valence-electron chi connectivity index (χ3n) is 2.48. The van der Waals surface area contributed by atoms with Gasteiger partial charge in [-0.25, -0.2) is 0 Å². The number of hydrogen-bond acceptors (Lipinski definition) is 5. The van der Waals surface area contributed by atoms with Crippen LogP contribution in [0.3, 0.4) is 0 Å². The number of carbonyl (C=O) groups excluding carboxylic acids is 3. The van der Waals surface area contributed by atoms with Gasteiger partial charge in [0.25, 0.3) is 0 Å². The molecule has 3 amide bonds. The molecule has 0 aromatic heterocycles. The molecule has 0 bridgehead atoms. The van der Waals surface area contributed by atoms with E-state index in [1.165, 1.54) is 11.8 Å². The maximum atomic E-state index is 11.7. The molecule has 0 aromatic rings. The van der Waals surface area contributed by atoms with E-state index < -0.39 is 0 Å². The minimum Gasteiger partial charge on any atom is -0.395 e. The second-order valence-electron chi connectivity index (χ2n) is 3.64. The van der Waals surface area contributed by atoms with Crippen LogP contribution in [-0.4, -0.2) is 58.9 Å². The summed E-state index contributed by atoms with van der Waals surface area (Å²) in [5, 5.41) is 10.7. The van der Waals surface area contributed by atoms with E-state index in [-0.39, 0.29) is 55.5 Å². The standard InChI is InChI=1S/C10H16N2O4S/c1-17-7-6-9(15)12(10(7)16)4-2-8(14)11-3-5-13/h7,13H,2-6H2,1H3,(H,11,14). The average molecular weight is 260 g/mol. The van der Waals surface area contributed by atoms with Crippen LogP contribution in [0.2, 0.25) is 0 Å². The highest BCUT2D eigenvalue weighted by molar-refractivity contribution is 8.00. The first-order valence-corrected chi connectivity index (χ1v) is 6.63. The second kappa shape index (κ2) is 6.61. The molecule has 1 saturated heterocycles. The van der Waals surface area contributed by atoms with E-state index in [1.807, 2.05) is 0 Å². The third kappa shape index (κ3) is 3.71. The normalized spacial score (nSPS) is 19.9. The Kier molecular flexibility index (Phi) is 5.43. The van der Waals surface area contributed by atoms with Gasteiger partial charge in [0.05, 0.1) is 11.9 Å². The summed E-state index contributed by atoms with van der Waals surface area (Å²) in [7, 11) is 0. The molecule has 7 heteroatoms. The Hall–Kier alpha value is -1.08. The highest BCUT2D eigenvalue weighted by Crippen LogP contribution is 2.22. The van der Waals surface area contributed by atoms with Crippen LogP contribution in [0.15, 0.2) is 0 Å². The Balaban J connectivity index is 2.39. The molecule has 2 N–H and O–H groups in total. The second-order valence-corrected chi connectivity index (χ2v) is 4.68. The smallest absolute Gasteiger partial charge is 0.242 e. The first-order valence-electron chi connectivity index (χ1n) is 5.34. The number of rotatable bonds is 6. The van der Waals surface area contributed by atoms with E-state index in [4.69, 9.17) is 5.11 Å². The number of aliphatic hydroxyl groups is 1. The average Bonchev–Trinajstić information content (AvgIpc) is 2.59. The number of carbonyl (C=O) groups is 3. The van der Waals surface area contributed by atoms with E-state index in [9.17, 15) is 14.4 Å². The maximum Gasteiger partial charge on any atom is 0.242 e. The SMILES string of the molecule is CSC1CC(=O)N(CCC(=O)NCCO)C1=O. The largest absolute Gasteiger partial charge is 0.395 e. The predicted octanol–water partition coefficient (Wildman–Crippen LogP) is -1.02. The van der Waals surface area contributed by atoms with Gasteiger partial charge < -0.3 is 10.4 Å². The van der Waals surface area contributed by atoms with Crippen molar-refractivity contribution in [2.75, 3.05) is 26.0 Å². The van der Waals surface area contributed by atoms with Crippen molar-refractivity contribution in [1.29, 1.82) is 0 Å². The monoisotopic (exact) mass is 260 g/mol. The van der Waals surface area contributed by atoms with Crippen LogP contribution < -0.4 is 5.32 Å². The van der Waals surface area contributed by atoms with Crippen LogP contribution in [-0.2, 0) is 14.4 Å². The highest BCUT2D eigenvalue weighted by Gasteiger charge is 2.37. The Morgan fingerprint density at radius 2 is 2.29 bits per heavy atom. The van der Waals surface area contributed by atoms with E-state index in [0.29, 0.717) is 0 Å². The summed E-state index contributed by atoms with van der Waals surface area (Å²) in [5.74, 6) is -0.700. The summed E-state index contributed by atoms with van der Waals surface area (Å²) in [4.78, 5) is 35.6. The Morgan fingerprint density at radius 1 is 1.59 bits per heavy atom. The first kappa shape index (κ1) is 14.0. The van der Waals surface area contributed by atoms with E-state index in [2.05, 4.69) is 5.32 Å². The molecule has 1 heterocycles. The van der Waals surface area contributed by atoms with Crippen molar-refractivity contribution in [3.8, 4) is 0 Å². The zero-order valence-electron chi connectivity index (χ0n) is 9.64. The van der Waals surface area contributed by atoms with Crippen LogP contribution >= 0.6 is 11.8 Å². The van der Waals surface area contributed by atoms with Gasteiger partial charge in [0, 0.05) is 25.9 Å². The number of nitrogens with one attached hydrogen (secondary N) is 1. The molecule has 1 rings (SSSR count). The van der Waals surface area contributed by atoms with Crippen molar-refractivity contribution in [2.24, 2.45) is 0 Å². The molecule has 1 fully saturated rings. The summed E-state index contributed by atoms with van der Waals surface area (Å²) in [5.41, 5.74) is 0. The fourth-order valence-electron chi connectivity index (χ4n) is 1.57. The number of hydrogen-bond donors (Lipinski definition) is 2. The van der Waals surface area contributed by atoms with Crippen LogP contribution in [0.25, 0.3) is 0 Å². The lowest BCUT2D eigenvalue weighted by Crippen LogP contribution is -2.36. The van der Waals surface area contributed by atoms with Gasteiger partial charge in [-0.1, -0.05) is 0 Å². The van der Waals surface area contributed by atoms with Gasteiger partial charge in [-0.2, -0.15) is 11.8 Å². The number of aliphatic hydroxyl groups excluding tert-OH is 1. The number of nitrogens with zero attached hydrogens (tertiary/aromatic N) is 1. The molecule has 0 saturated carbocycles. The van der Waals surface area contributed by atoms with Gasteiger partial charge >= 0.3 is 0 Å². The topological polar surface area (TPSA) is 86.7 Å². The van der Waals surface area contributed by atoms with Gasteiger partial charge in [0.15, 0.2) is 0 Å². The Labute approximate surface area is 104 Å². The fraction of sp³-hybridized carbons (Fsp3) is 0.700. The van der Waals surface area contributed by atoms with Crippen molar-refractivity contribution >= 4 is 29.5 Å². The van der Waals surface area contributed by atoms with Gasteiger partial charge in [0.2, 0.25) is 17.7 Å². The molecule has 0 spiro atoms. The van der Waals surface area contributed by atoms with Gasteiger partial charge in [-0.05, 0) is 6.26 Å². The van der Waals surface area contributed by atoms with Gasteiger partial charge in [-0.15, -0.1) is 0 Å². The van der Waals surface area contributed by atoms with Crippen molar-refractivity contribution in [3.05, 3.63) is 0 Å². The maximum absolute atomic E-state index is 11.7. The van der Waals surface area contributed by atoms with Crippen molar-refractivity contribution in [3.63, 3.8) is 0 Å². The Morgan fingerprint density at radius 3 is 2.82 bits per heavy atom. The number of thioether (sulfide) groups is 1. The summed E-state index contributed by atoms with van der Waals surface area (Å²) >= 11 is 1.35. The molecule has 0 aliphatic carbocycles. The third-order valence-corrected chi connectivity index (χ3v) is 3.42. The van der Waals surface area contributed by atoms with Crippen LogP contribution in [0.4, 0.5) is 0 Å². The van der Waals surface area contributed by atoms with E-state index in [1.54, 1.807) is 6.26 Å². The fourth-order valence-corrected chi connectivity index (χ4v) is 2.21. The predicted molar refractivity (Wildman–Crippen MR) is 63.4 cm³/mol. The quantitative estimate of drug-likeness (QED) is 0.597. The lowest BCUT2D eigenvalue weighted by molar-refractivity contribution is -0.138. The summed E-state index contributed by atoms with van der Waals surface area (Å²) < 4.78 is 0. The molecule has 0 aromatic carbocycles. The zero-order valence-corrected chi connectivity index (χ0v) is 10.5. The molecule has 96 valence electrons. The lowest BCUT2D eigenvalue weighted by Gasteiger charge is -2.13. The lowest BCUT2D eigenvalue weighted by atomic mass is 10.3. The molecule has 1 atom stereocenters. The molecule has 1 unspecified atom stereocenters. The Bertz CT molecular complexity index is 321. The van der Waals surface area contributed by atoms with Crippen molar-refractivity contribution < 1.29 is 19.5 Å². The van der Waals surface area contributed by atoms with Crippen molar-refractivity contribution in [2.45, 2.75) is 18.1 Å². The first-order chi connectivity index (χ1) is 8.10. The molecule has 0 radical (unpaired) electrons. The summed E-state index contributed by atoms with van der Waals surface area (Å²) in [6, 6.07) is 0. The molecule has 17 heavy (non-hydrogen) atoms. The highest BCUT2D eigenvalue weighted by atomic mass is 32.2. The molecule has 6 nitrogen and oxygen atoms in total. The van der Waals surface area contributed by atoms with Crippen LogP contribution in [0.1, 0.15) is 12.8 Å². The van der Waals surface area contributed by atoms with Crippen LogP contribution in [0.5, 0.6) is 0 Å². The molecular formula is C10H16N2O4S. The summed E-state index contributed by atoms with van der Waals surface area (Å²) in [6.07, 6.45) is 2.09. The number of amides is 3. The zero-order chi connectivity index (χ0) is 12.8. The van der Waals surface area contributed by atoms with Gasteiger partial charge in [-0.3, -0.25) is 19.3 Å². The summed E-state index contributed by atoms with van der Waals surface area (Å²) in [6.45, 7) is 0.183. The number of imide groups is 1. The van der Waals surface area contributed by atoms with E-state index in [0.717, 1.165) is 4.90 Å².